The molecule has 16 heavy (non-hydrogen) atoms. The number of imidazole rings is 1. The van der Waals surface area contributed by atoms with Crippen molar-refractivity contribution in [1.29, 1.82) is 0 Å². The van der Waals surface area contributed by atoms with Crippen LogP contribution in [0, 0.1) is 0 Å². The van der Waals surface area contributed by atoms with E-state index in [2.05, 4.69) is 9.97 Å². The molecule has 0 unspecified atom stereocenters. The quantitative estimate of drug-likeness (QED) is 0.597. The number of carbonyl (C=O) groups excluding carboxylic acids is 1. The SMILES string of the molecule is O=C(OCCCO)c1cccc2[nH]cnc12. The third kappa shape index (κ3) is 2.04. The van der Waals surface area contributed by atoms with Crippen LogP contribution in [0.4, 0.5) is 0 Å². The van der Waals surface area contributed by atoms with Gasteiger partial charge < -0.3 is 14.8 Å². The molecule has 5 nitrogen and oxygen atoms in total. The van der Waals surface area contributed by atoms with E-state index in [9.17, 15) is 4.79 Å². The van der Waals surface area contributed by atoms with Crippen molar-refractivity contribution in [3.63, 3.8) is 0 Å². The molecule has 5 heteroatoms. The summed E-state index contributed by atoms with van der Waals surface area (Å²) in [5.74, 6) is -0.411. The number of para-hydroxylation sites is 1. The molecule has 2 rings (SSSR count). The first-order chi connectivity index (χ1) is 7.83. The zero-order valence-electron chi connectivity index (χ0n) is 8.64. The topological polar surface area (TPSA) is 75.2 Å². The molecule has 0 atom stereocenters. The third-order valence-electron chi connectivity index (χ3n) is 2.21. The van der Waals surface area contributed by atoms with Crippen molar-refractivity contribution in [2.75, 3.05) is 13.2 Å². The number of rotatable bonds is 4. The first-order valence-corrected chi connectivity index (χ1v) is 5.03. The fourth-order valence-electron chi connectivity index (χ4n) is 1.44. The van der Waals surface area contributed by atoms with Gasteiger partial charge in [-0.05, 0) is 12.1 Å². The lowest BCUT2D eigenvalue weighted by Crippen LogP contribution is -2.08. The number of benzene rings is 1. The summed E-state index contributed by atoms with van der Waals surface area (Å²) in [5.41, 5.74) is 1.85. The highest BCUT2D eigenvalue weighted by molar-refractivity contribution is 6.01. The van der Waals surface area contributed by atoms with Crippen molar-refractivity contribution in [2.45, 2.75) is 6.42 Å². The molecule has 84 valence electrons. The number of ether oxygens (including phenoxy) is 1. The first kappa shape index (κ1) is 10.6. The number of hydrogen-bond donors (Lipinski definition) is 2. The van der Waals surface area contributed by atoms with Crippen LogP contribution in [0.3, 0.4) is 0 Å². The number of aromatic nitrogens is 2. The lowest BCUT2D eigenvalue weighted by atomic mass is 10.2. The molecule has 0 fully saturated rings. The summed E-state index contributed by atoms with van der Waals surface area (Å²) in [6, 6.07) is 5.28. The summed E-state index contributed by atoms with van der Waals surface area (Å²) in [7, 11) is 0. The van der Waals surface area contributed by atoms with Crippen LogP contribution in [0.1, 0.15) is 16.8 Å². The highest BCUT2D eigenvalue weighted by Gasteiger charge is 2.12. The molecule has 1 heterocycles. The molecule has 0 aliphatic rings. The zero-order chi connectivity index (χ0) is 11.4. The van der Waals surface area contributed by atoms with E-state index < -0.39 is 5.97 Å². The summed E-state index contributed by atoms with van der Waals surface area (Å²) in [6.45, 7) is 0.232. The van der Waals surface area contributed by atoms with Crippen LogP contribution < -0.4 is 0 Å². The third-order valence-corrected chi connectivity index (χ3v) is 2.21. The van der Waals surface area contributed by atoms with Crippen molar-refractivity contribution in [3.8, 4) is 0 Å². The molecule has 2 aromatic rings. The second-order valence-electron chi connectivity index (χ2n) is 3.32. The fraction of sp³-hybridized carbons (Fsp3) is 0.273. The Morgan fingerprint density at radius 3 is 3.19 bits per heavy atom. The molecule has 1 aromatic carbocycles. The molecular formula is C11H12N2O3. The summed E-state index contributed by atoms with van der Waals surface area (Å²) in [4.78, 5) is 18.7. The molecular weight excluding hydrogens is 208 g/mol. The number of H-pyrrole nitrogens is 1. The highest BCUT2D eigenvalue weighted by atomic mass is 16.5. The van der Waals surface area contributed by atoms with Crippen molar-refractivity contribution in [3.05, 3.63) is 30.1 Å². The number of esters is 1. The van der Waals surface area contributed by atoms with E-state index in [1.54, 1.807) is 12.1 Å². The lowest BCUT2D eigenvalue weighted by Gasteiger charge is -2.03. The molecule has 2 N–H and O–H groups in total. The number of aromatic amines is 1. The van der Waals surface area contributed by atoms with Crippen LogP contribution in [0.25, 0.3) is 11.0 Å². The van der Waals surface area contributed by atoms with Gasteiger partial charge in [-0.25, -0.2) is 9.78 Å². The molecule has 0 amide bonds. The summed E-state index contributed by atoms with van der Waals surface area (Å²) in [5, 5.41) is 8.58. The van der Waals surface area contributed by atoms with E-state index in [4.69, 9.17) is 9.84 Å². The number of fused-ring (bicyclic) bond motifs is 1. The molecule has 0 aliphatic heterocycles. The number of hydrogen-bond acceptors (Lipinski definition) is 4. The molecule has 0 saturated carbocycles. The predicted octanol–water partition coefficient (Wildman–Crippen LogP) is 1.10. The van der Waals surface area contributed by atoms with Crippen LogP contribution in [0.2, 0.25) is 0 Å². The van der Waals surface area contributed by atoms with Gasteiger partial charge in [0.1, 0.15) is 5.52 Å². The molecule has 0 radical (unpaired) electrons. The van der Waals surface area contributed by atoms with Gasteiger partial charge in [-0.1, -0.05) is 6.07 Å². The Labute approximate surface area is 92.1 Å². The van der Waals surface area contributed by atoms with Crippen molar-refractivity contribution >= 4 is 17.0 Å². The highest BCUT2D eigenvalue weighted by Crippen LogP contribution is 2.15. The van der Waals surface area contributed by atoms with Gasteiger partial charge in [0.15, 0.2) is 0 Å². The van der Waals surface area contributed by atoms with Gasteiger partial charge in [0, 0.05) is 13.0 Å². The van der Waals surface area contributed by atoms with Gasteiger partial charge in [0.2, 0.25) is 0 Å². The van der Waals surface area contributed by atoms with Gasteiger partial charge in [-0.2, -0.15) is 0 Å². The molecule has 1 aromatic heterocycles. The minimum atomic E-state index is -0.411. The maximum Gasteiger partial charge on any atom is 0.340 e. The lowest BCUT2D eigenvalue weighted by molar-refractivity contribution is 0.0484. The number of aliphatic hydroxyl groups excluding tert-OH is 1. The minimum absolute atomic E-state index is 0.0138. The monoisotopic (exact) mass is 220 g/mol. The van der Waals surface area contributed by atoms with Crippen molar-refractivity contribution in [1.82, 2.24) is 9.97 Å². The summed E-state index contributed by atoms with van der Waals surface area (Å²) < 4.78 is 4.99. The average molecular weight is 220 g/mol. The number of nitrogens with zero attached hydrogens (tertiary/aromatic N) is 1. The zero-order valence-corrected chi connectivity index (χ0v) is 8.64. The van der Waals surface area contributed by atoms with E-state index >= 15 is 0 Å². The Hall–Kier alpha value is -1.88. The van der Waals surface area contributed by atoms with E-state index in [-0.39, 0.29) is 13.2 Å². The molecule has 0 aliphatic carbocycles. The molecule has 0 saturated heterocycles. The van der Waals surface area contributed by atoms with Gasteiger partial charge in [-0.15, -0.1) is 0 Å². The predicted molar refractivity (Wildman–Crippen MR) is 58.1 cm³/mol. The first-order valence-electron chi connectivity index (χ1n) is 5.03. The summed E-state index contributed by atoms with van der Waals surface area (Å²) in [6.07, 6.45) is 1.98. The number of carbonyl (C=O) groups is 1. The van der Waals surface area contributed by atoms with Crippen molar-refractivity contribution < 1.29 is 14.6 Å². The maximum atomic E-state index is 11.7. The molecule has 0 bridgehead atoms. The van der Waals surface area contributed by atoms with E-state index in [1.165, 1.54) is 6.33 Å². The van der Waals surface area contributed by atoms with Crippen molar-refractivity contribution in [2.24, 2.45) is 0 Å². The average Bonchev–Trinajstić information content (AvgIpc) is 2.76. The van der Waals surface area contributed by atoms with E-state index in [0.717, 1.165) is 5.52 Å². The van der Waals surface area contributed by atoms with Crippen LogP contribution >= 0.6 is 0 Å². The maximum absolute atomic E-state index is 11.7. The fourth-order valence-corrected chi connectivity index (χ4v) is 1.44. The van der Waals surface area contributed by atoms with E-state index in [0.29, 0.717) is 17.5 Å². The van der Waals surface area contributed by atoms with Gasteiger partial charge in [-0.3, -0.25) is 0 Å². The Balaban J connectivity index is 2.19. The summed E-state index contributed by atoms with van der Waals surface area (Å²) >= 11 is 0. The standard InChI is InChI=1S/C11H12N2O3/c14-5-2-6-16-11(15)8-3-1-4-9-10(8)13-7-12-9/h1,3-4,7,14H,2,5-6H2,(H,12,13). The smallest absolute Gasteiger partial charge is 0.340 e. The Bertz CT molecular complexity index is 493. The number of aliphatic hydroxyl groups is 1. The van der Waals surface area contributed by atoms with Crippen LogP contribution in [0.5, 0.6) is 0 Å². The minimum Gasteiger partial charge on any atom is -0.462 e. The Morgan fingerprint density at radius 1 is 1.50 bits per heavy atom. The van der Waals surface area contributed by atoms with E-state index in [1.807, 2.05) is 6.07 Å². The second-order valence-corrected chi connectivity index (χ2v) is 3.32. The Kier molecular flexibility index (Phi) is 3.16. The number of nitrogens with one attached hydrogen (secondary N) is 1. The van der Waals surface area contributed by atoms with Gasteiger partial charge in [0.05, 0.1) is 24.0 Å². The second kappa shape index (κ2) is 4.76. The van der Waals surface area contributed by atoms with Crippen LogP contribution in [-0.4, -0.2) is 34.3 Å². The van der Waals surface area contributed by atoms with Gasteiger partial charge >= 0.3 is 5.97 Å². The Morgan fingerprint density at radius 2 is 2.38 bits per heavy atom. The largest absolute Gasteiger partial charge is 0.462 e. The molecule has 0 spiro atoms. The normalized spacial score (nSPS) is 10.6. The van der Waals surface area contributed by atoms with Gasteiger partial charge in [0.25, 0.3) is 0 Å². The van der Waals surface area contributed by atoms with Crippen LogP contribution in [-0.2, 0) is 4.74 Å². The van der Waals surface area contributed by atoms with Crippen LogP contribution in [0.15, 0.2) is 24.5 Å².